The van der Waals surface area contributed by atoms with Crippen LogP contribution in [-0.4, -0.2) is 36.6 Å². The van der Waals surface area contributed by atoms with Crippen LogP contribution in [0, 0.1) is 0 Å². The second-order valence-electron chi connectivity index (χ2n) is 1.98. The third-order valence-electron chi connectivity index (χ3n) is 1.08. The van der Waals surface area contributed by atoms with Crippen LogP contribution in [0.15, 0.2) is 4.99 Å². The van der Waals surface area contributed by atoms with Gasteiger partial charge in [-0.1, -0.05) is 11.8 Å². The maximum atomic E-state index is 10.0. The number of nitrogens with zero attached hydrogens (tertiary/aromatic N) is 1. The number of hydrogen-bond acceptors (Lipinski definition) is 3. The van der Waals surface area contributed by atoms with Crippen molar-refractivity contribution in [3.8, 4) is 0 Å². The number of amides is 1. The SMILES string of the molecule is C1=[NH+]CCS1.O=C1CN=CN1. The van der Waals surface area contributed by atoms with Gasteiger partial charge < -0.3 is 5.32 Å². The van der Waals surface area contributed by atoms with Gasteiger partial charge in [0, 0.05) is 0 Å². The summed E-state index contributed by atoms with van der Waals surface area (Å²) in [6, 6.07) is 0. The highest BCUT2D eigenvalue weighted by Crippen LogP contribution is 1.88. The van der Waals surface area contributed by atoms with Crippen LogP contribution in [-0.2, 0) is 4.79 Å². The molecule has 0 unspecified atom stereocenters. The molecule has 11 heavy (non-hydrogen) atoms. The highest BCUT2D eigenvalue weighted by atomic mass is 32.2. The lowest BCUT2D eigenvalue weighted by molar-refractivity contribution is -0.439. The van der Waals surface area contributed by atoms with Crippen molar-refractivity contribution < 1.29 is 9.79 Å². The van der Waals surface area contributed by atoms with Crippen LogP contribution in [0.5, 0.6) is 0 Å². The van der Waals surface area contributed by atoms with Gasteiger partial charge in [-0.3, -0.25) is 9.79 Å². The van der Waals surface area contributed by atoms with Gasteiger partial charge in [-0.15, -0.1) is 0 Å². The summed E-state index contributed by atoms with van der Waals surface area (Å²) in [4.78, 5) is 16.6. The maximum Gasteiger partial charge on any atom is 0.246 e. The normalized spacial score (nSPS) is 19.5. The van der Waals surface area contributed by atoms with Gasteiger partial charge in [0.15, 0.2) is 12.1 Å². The minimum absolute atomic E-state index is 0.0185. The lowest BCUT2D eigenvalue weighted by atomic mass is 10.7. The van der Waals surface area contributed by atoms with Crippen LogP contribution < -0.4 is 10.3 Å². The molecular weight excluding hydrogens is 162 g/mol. The molecule has 0 saturated carbocycles. The molecule has 0 aliphatic carbocycles. The molecule has 0 atom stereocenters. The van der Waals surface area contributed by atoms with Crippen molar-refractivity contribution in [3.63, 3.8) is 0 Å². The van der Waals surface area contributed by atoms with E-state index in [2.05, 4.69) is 15.3 Å². The van der Waals surface area contributed by atoms with Crippen molar-refractivity contribution in [3.05, 3.63) is 0 Å². The van der Waals surface area contributed by atoms with E-state index in [0.717, 1.165) is 6.54 Å². The minimum Gasteiger partial charge on any atom is -0.316 e. The van der Waals surface area contributed by atoms with Gasteiger partial charge in [0.2, 0.25) is 5.91 Å². The summed E-state index contributed by atoms with van der Waals surface area (Å²) in [5.74, 6) is 1.23. The number of carbonyl (C=O) groups is 1. The largest absolute Gasteiger partial charge is 0.316 e. The van der Waals surface area contributed by atoms with Crippen molar-refractivity contribution in [2.45, 2.75) is 0 Å². The Morgan fingerprint density at radius 1 is 1.73 bits per heavy atom. The van der Waals surface area contributed by atoms with E-state index in [1.807, 2.05) is 17.3 Å². The minimum atomic E-state index is -0.0185. The average molecular weight is 172 g/mol. The molecule has 0 radical (unpaired) electrons. The van der Waals surface area contributed by atoms with Crippen LogP contribution >= 0.6 is 11.8 Å². The average Bonchev–Trinajstić information content (AvgIpc) is 2.57. The lowest BCUT2D eigenvalue weighted by Gasteiger charge is -1.76. The molecular formula is C6H10N3OS+. The van der Waals surface area contributed by atoms with E-state index >= 15 is 0 Å². The zero-order valence-corrected chi connectivity index (χ0v) is 6.86. The number of carbonyl (C=O) groups excluding carboxylic acids is 1. The van der Waals surface area contributed by atoms with Gasteiger partial charge >= 0.3 is 0 Å². The monoisotopic (exact) mass is 172 g/mol. The first-order valence-electron chi connectivity index (χ1n) is 3.34. The Labute approximate surface area is 69.2 Å². The molecule has 4 nitrogen and oxygen atoms in total. The van der Waals surface area contributed by atoms with Gasteiger partial charge in [-0.25, -0.2) is 4.99 Å². The Kier molecular flexibility index (Phi) is 3.68. The van der Waals surface area contributed by atoms with E-state index in [1.165, 1.54) is 12.1 Å². The van der Waals surface area contributed by atoms with Gasteiger partial charge in [0.1, 0.15) is 6.54 Å². The fourth-order valence-electron chi connectivity index (χ4n) is 0.586. The molecule has 2 rings (SSSR count). The Bertz CT molecular complexity index is 174. The molecule has 1 amide bonds. The summed E-state index contributed by atoms with van der Waals surface area (Å²) in [7, 11) is 0. The zero-order valence-electron chi connectivity index (χ0n) is 6.04. The van der Waals surface area contributed by atoms with Crippen molar-refractivity contribution >= 4 is 29.6 Å². The van der Waals surface area contributed by atoms with Crippen LogP contribution in [0.1, 0.15) is 0 Å². The molecule has 2 N–H and O–H groups in total. The number of thioether (sulfide) groups is 1. The van der Waals surface area contributed by atoms with Crippen molar-refractivity contribution in [2.24, 2.45) is 4.99 Å². The molecule has 2 heterocycles. The van der Waals surface area contributed by atoms with Gasteiger partial charge in [0.05, 0.1) is 12.1 Å². The summed E-state index contributed by atoms with van der Waals surface area (Å²) in [6.45, 7) is 1.46. The summed E-state index contributed by atoms with van der Waals surface area (Å²) < 4.78 is 0. The Hall–Kier alpha value is -0.840. The Morgan fingerprint density at radius 3 is 2.82 bits per heavy atom. The summed E-state index contributed by atoms with van der Waals surface area (Å²) in [5.41, 5.74) is 2.03. The highest BCUT2D eigenvalue weighted by Gasteiger charge is 1.98. The molecule has 60 valence electrons. The second kappa shape index (κ2) is 4.90. The van der Waals surface area contributed by atoms with E-state index in [0.29, 0.717) is 6.54 Å². The number of aliphatic imine (C=N–C) groups is 1. The van der Waals surface area contributed by atoms with Crippen molar-refractivity contribution in [1.29, 1.82) is 0 Å². The summed E-state index contributed by atoms with van der Waals surface area (Å²) >= 11 is 1.84. The summed E-state index contributed by atoms with van der Waals surface area (Å²) in [6.07, 6.45) is 1.41. The first kappa shape index (κ1) is 8.26. The van der Waals surface area contributed by atoms with E-state index in [9.17, 15) is 4.79 Å². The molecule has 0 saturated heterocycles. The van der Waals surface area contributed by atoms with E-state index in [1.54, 1.807) is 0 Å². The molecule has 0 aromatic carbocycles. The molecule has 2 aliphatic heterocycles. The first-order valence-corrected chi connectivity index (χ1v) is 4.39. The lowest BCUT2D eigenvalue weighted by Crippen LogP contribution is -2.65. The quantitative estimate of drug-likeness (QED) is 0.443. The van der Waals surface area contributed by atoms with Crippen LogP contribution in [0.4, 0.5) is 0 Å². The van der Waals surface area contributed by atoms with E-state index in [-0.39, 0.29) is 5.91 Å². The zero-order chi connectivity index (χ0) is 7.94. The van der Waals surface area contributed by atoms with E-state index < -0.39 is 0 Å². The standard InChI is InChI=1S/C3H4N2O.C3H5NS/c6-3-1-4-2-5-3;1-2-5-3-4-1/h2H,1H2,(H,4,5,6);3H,1-2H2/p+1. The topological polar surface area (TPSA) is 55.4 Å². The molecule has 0 bridgehead atoms. The number of nitrogens with one attached hydrogen (secondary N) is 2. The third-order valence-corrected chi connectivity index (χ3v) is 1.86. The molecule has 0 spiro atoms. The molecule has 0 fully saturated rings. The second-order valence-corrected chi connectivity index (χ2v) is 2.96. The Morgan fingerprint density at radius 2 is 2.64 bits per heavy atom. The van der Waals surface area contributed by atoms with Crippen LogP contribution in [0.3, 0.4) is 0 Å². The summed E-state index contributed by atoms with van der Waals surface area (Å²) in [5, 5.41) is 2.39. The van der Waals surface area contributed by atoms with Gasteiger partial charge in [-0.05, 0) is 0 Å². The third kappa shape index (κ3) is 3.77. The van der Waals surface area contributed by atoms with Gasteiger partial charge in [-0.2, -0.15) is 0 Å². The Balaban J connectivity index is 0.000000112. The highest BCUT2D eigenvalue weighted by molar-refractivity contribution is 8.12. The van der Waals surface area contributed by atoms with E-state index in [4.69, 9.17) is 0 Å². The predicted molar refractivity (Wildman–Crippen MR) is 45.9 cm³/mol. The maximum absolute atomic E-state index is 10.0. The smallest absolute Gasteiger partial charge is 0.246 e. The van der Waals surface area contributed by atoms with Crippen molar-refractivity contribution in [2.75, 3.05) is 18.8 Å². The number of rotatable bonds is 0. The fraction of sp³-hybridized carbons (Fsp3) is 0.500. The fourth-order valence-corrected chi connectivity index (χ4v) is 1.18. The predicted octanol–water partition coefficient (Wildman–Crippen LogP) is -2.01. The number of hydrogen-bond donors (Lipinski definition) is 2. The molecule has 2 aliphatic rings. The van der Waals surface area contributed by atoms with Crippen molar-refractivity contribution in [1.82, 2.24) is 5.32 Å². The molecule has 0 aromatic rings. The van der Waals surface area contributed by atoms with Gasteiger partial charge in [0.25, 0.3) is 0 Å². The first-order chi connectivity index (χ1) is 5.39. The molecule has 0 aromatic heterocycles. The molecule has 5 heteroatoms. The van der Waals surface area contributed by atoms with Crippen LogP contribution in [0.2, 0.25) is 0 Å². The van der Waals surface area contributed by atoms with Crippen LogP contribution in [0.25, 0.3) is 0 Å².